The molecule has 0 radical (unpaired) electrons. The van der Waals surface area contributed by atoms with Gasteiger partial charge in [-0.3, -0.25) is 4.79 Å². The molecular weight excluding hydrogens is 382 g/mol. The Bertz CT molecular complexity index is 851. The zero-order valence-electron chi connectivity index (χ0n) is 17.4. The molecule has 0 bridgehead atoms. The maximum atomic E-state index is 12.2. The van der Waals surface area contributed by atoms with Crippen molar-refractivity contribution in [2.24, 2.45) is 5.92 Å². The summed E-state index contributed by atoms with van der Waals surface area (Å²) >= 11 is 0. The lowest BCUT2D eigenvalue weighted by atomic mass is 10.2. The summed E-state index contributed by atoms with van der Waals surface area (Å²) < 4.78 is 16.1. The van der Waals surface area contributed by atoms with E-state index in [0.717, 1.165) is 25.7 Å². The number of ether oxygens (including phenoxy) is 3. The van der Waals surface area contributed by atoms with Gasteiger partial charge in [-0.2, -0.15) is 5.26 Å². The van der Waals surface area contributed by atoms with E-state index in [1.807, 2.05) is 19.9 Å². The molecule has 0 heterocycles. The van der Waals surface area contributed by atoms with Gasteiger partial charge in [-0.05, 0) is 74.2 Å². The van der Waals surface area contributed by atoms with Gasteiger partial charge in [-0.15, -0.1) is 0 Å². The Balaban J connectivity index is 1.64. The van der Waals surface area contributed by atoms with Gasteiger partial charge in [0.05, 0.1) is 36.3 Å². The number of hydrogen-bond donors (Lipinski definition) is 0. The lowest BCUT2D eigenvalue weighted by Gasteiger charge is -2.08. The second-order valence-corrected chi connectivity index (χ2v) is 7.13. The number of hydrogen-bond acceptors (Lipinski definition) is 6. The quantitative estimate of drug-likeness (QED) is 0.298. The summed E-state index contributed by atoms with van der Waals surface area (Å²) in [6.45, 7) is 4.70. The molecule has 0 N–H and O–H groups in total. The van der Waals surface area contributed by atoms with Gasteiger partial charge in [0, 0.05) is 0 Å². The average molecular weight is 409 g/mol. The highest BCUT2D eigenvalue weighted by atomic mass is 16.5. The zero-order valence-corrected chi connectivity index (χ0v) is 17.4. The van der Waals surface area contributed by atoms with Crippen LogP contribution in [-0.4, -0.2) is 25.2 Å². The van der Waals surface area contributed by atoms with E-state index in [1.165, 1.54) is 0 Å². The molecule has 2 rings (SSSR count). The summed E-state index contributed by atoms with van der Waals surface area (Å²) in [4.78, 5) is 23.5. The van der Waals surface area contributed by atoms with E-state index < -0.39 is 5.97 Å². The third kappa shape index (κ3) is 7.96. The van der Waals surface area contributed by atoms with Crippen molar-refractivity contribution in [1.82, 2.24) is 0 Å². The predicted octanol–water partition coefficient (Wildman–Crippen LogP) is 4.92. The molecule has 6 nitrogen and oxygen atoms in total. The van der Waals surface area contributed by atoms with Crippen molar-refractivity contribution < 1.29 is 23.8 Å². The number of carbonyl (C=O) groups is 2. The first-order valence-corrected chi connectivity index (χ1v) is 10.1. The van der Waals surface area contributed by atoms with Crippen molar-refractivity contribution in [3.05, 3.63) is 59.7 Å². The van der Waals surface area contributed by atoms with Gasteiger partial charge in [0.15, 0.2) is 0 Å². The minimum absolute atomic E-state index is 0.0809. The monoisotopic (exact) mass is 409 g/mol. The summed E-state index contributed by atoms with van der Waals surface area (Å²) in [7, 11) is 0. The number of esters is 2. The minimum Gasteiger partial charge on any atom is -0.494 e. The first-order chi connectivity index (χ1) is 14.5. The Morgan fingerprint density at radius 2 is 1.47 bits per heavy atom. The molecule has 6 heteroatoms. The summed E-state index contributed by atoms with van der Waals surface area (Å²) in [6.07, 6.45) is 3.73. The smallest absolute Gasteiger partial charge is 0.343 e. The molecule has 158 valence electrons. The SMILES string of the molecule is CC(C)C(=O)OCCCCCCOc1ccc(C(=O)Oc2ccc(C#N)cc2)cc1. The van der Waals surface area contributed by atoms with Gasteiger partial charge >= 0.3 is 11.9 Å². The fourth-order valence-electron chi connectivity index (χ4n) is 2.54. The Morgan fingerprint density at radius 3 is 2.07 bits per heavy atom. The fraction of sp³-hybridized carbons (Fsp3) is 0.375. The Hall–Kier alpha value is -3.33. The van der Waals surface area contributed by atoms with Gasteiger partial charge in [0.2, 0.25) is 0 Å². The predicted molar refractivity (Wildman–Crippen MR) is 112 cm³/mol. The van der Waals surface area contributed by atoms with E-state index in [9.17, 15) is 9.59 Å². The van der Waals surface area contributed by atoms with Crippen LogP contribution in [0.2, 0.25) is 0 Å². The summed E-state index contributed by atoms with van der Waals surface area (Å²) in [6, 6.07) is 15.2. The van der Waals surface area contributed by atoms with Crippen LogP contribution >= 0.6 is 0 Å². The lowest BCUT2D eigenvalue weighted by Crippen LogP contribution is -2.12. The van der Waals surface area contributed by atoms with Crippen molar-refractivity contribution in [3.63, 3.8) is 0 Å². The van der Waals surface area contributed by atoms with Crippen LogP contribution in [-0.2, 0) is 9.53 Å². The number of carbonyl (C=O) groups excluding carboxylic acids is 2. The molecule has 0 amide bonds. The molecule has 2 aromatic carbocycles. The molecule has 2 aromatic rings. The van der Waals surface area contributed by atoms with Crippen molar-refractivity contribution in [2.75, 3.05) is 13.2 Å². The maximum Gasteiger partial charge on any atom is 0.343 e. The molecule has 0 unspecified atom stereocenters. The van der Waals surface area contributed by atoms with Crippen LogP contribution < -0.4 is 9.47 Å². The number of unbranched alkanes of at least 4 members (excludes halogenated alkanes) is 3. The molecule has 0 aliphatic rings. The third-order valence-corrected chi connectivity index (χ3v) is 4.31. The van der Waals surface area contributed by atoms with E-state index >= 15 is 0 Å². The first-order valence-electron chi connectivity index (χ1n) is 10.1. The van der Waals surface area contributed by atoms with Crippen LogP contribution in [0.3, 0.4) is 0 Å². The van der Waals surface area contributed by atoms with Crippen LogP contribution in [0.4, 0.5) is 0 Å². The van der Waals surface area contributed by atoms with Crippen LogP contribution in [0.1, 0.15) is 55.5 Å². The average Bonchev–Trinajstić information content (AvgIpc) is 2.76. The number of rotatable bonds is 11. The van der Waals surface area contributed by atoms with Crippen molar-refractivity contribution in [1.29, 1.82) is 5.26 Å². The molecule has 0 atom stereocenters. The Kier molecular flexibility index (Phi) is 9.39. The highest BCUT2D eigenvalue weighted by molar-refractivity contribution is 5.91. The largest absolute Gasteiger partial charge is 0.494 e. The summed E-state index contributed by atoms with van der Waals surface area (Å²) in [5.41, 5.74) is 0.925. The lowest BCUT2D eigenvalue weighted by molar-refractivity contribution is -0.147. The van der Waals surface area contributed by atoms with Crippen LogP contribution in [0, 0.1) is 17.2 Å². The van der Waals surface area contributed by atoms with E-state index in [4.69, 9.17) is 19.5 Å². The summed E-state index contributed by atoms with van der Waals surface area (Å²) in [5, 5.41) is 8.79. The molecular formula is C24H27NO5. The highest BCUT2D eigenvalue weighted by Crippen LogP contribution is 2.17. The molecule has 0 aromatic heterocycles. The molecule has 0 aliphatic heterocycles. The molecule has 0 spiro atoms. The van der Waals surface area contributed by atoms with Gasteiger partial charge in [0.1, 0.15) is 11.5 Å². The fourth-order valence-corrected chi connectivity index (χ4v) is 2.54. The standard InChI is InChI=1S/C24H27NO5/c1-18(2)23(26)29-16-6-4-3-5-15-28-21-13-9-20(10-14-21)24(27)30-22-11-7-19(17-25)8-12-22/h7-14,18H,3-6,15-16H2,1-2H3. The van der Waals surface area contributed by atoms with Gasteiger partial charge in [-0.25, -0.2) is 4.79 Å². The van der Waals surface area contributed by atoms with E-state index in [1.54, 1.807) is 48.5 Å². The maximum absolute atomic E-state index is 12.2. The topological polar surface area (TPSA) is 85.6 Å². The van der Waals surface area contributed by atoms with Gasteiger partial charge < -0.3 is 14.2 Å². The Labute approximate surface area is 177 Å². The van der Waals surface area contributed by atoms with Crippen LogP contribution in [0.5, 0.6) is 11.5 Å². The second kappa shape index (κ2) is 12.3. The van der Waals surface area contributed by atoms with Crippen molar-refractivity contribution >= 4 is 11.9 Å². The highest BCUT2D eigenvalue weighted by Gasteiger charge is 2.09. The van der Waals surface area contributed by atoms with Gasteiger partial charge in [-0.1, -0.05) is 13.8 Å². The van der Waals surface area contributed by atoms with E-state index in [-0.39, 0.29) is 11.9 Å². The van der Waals surface area contributed by atoms with E-state index in [2.05, 4.69) is 0 Å². The van der Waals surface area contributed by atoms with Crippen LogP contribution in [0.25, 0.3) is 0 Å². The Morgan fingerprint density at radius 1 is 0.867 bits per heavy atom. The van der Waals surface area contributed by atoms with E-state index in [0.29, 0.717) is 35.8 Å². The normalized spacial score (nSPS) is 10.3. The molecule has 30 heavy (non-hydrogen) atoms. The number of nitrogens with zero attached hydrogens (tertiary/aromatic N) is 1. The van der Waals surface area contributed by atoms with Crippen molar-refractivity contribution in [2.45, 2.75) is 39.5 Å². The number of benzene rings is 2. The minimum atomic E-state index is -0.468. The zero-order chi connectivity index (χ0) is 21.8. The molecule has 0 saturated heterocycles. The molecule has 0 saturated carbocycles. The second-order valence-electron chi connectivity index (χ2n) is 7.13. The van der Waals surface area contributed by atoms with Crippen molar-refractivity contribution in [3.8, 4) is 17.6 Å². The van der Waals surface area contributed by atoms with Gasteiger partial charge in [0.25, 0.3) is 0 Å². The molecule has 0 fully saturated rings. The first kappa shape index (κ1) is 23.0. The third-order valence-electron chi connectivity index (χ3n) is 4.31. The summed E-state index contributed by atoms with van der Waals surface area (Å²) in [5.74, 6) is 0.378. The molecule has 0 aliphatic carbocycles. The number of nitriles is 1. The van der Waals surface area contributed by atoms with Crippen LogP contribution in [0.15, 0.2) is 48.5 Å².